The number of aliphatic hydroxyl groups excluding tert-OH is 3. The number of rotatable bonds is 13. The molecule has 0 fully saturated rings. The molecular weight excluding hydrogens is 484 g/mol. The minimum Gasteiger partial charge on any atom is -0.461 e. The topological polar surface area (TPSA) is 104 Å². The zero-order chi connectivity index (χ0) is 21.5. The Balaban J connectivity index is -0.000000165. The second kappa shape index (κ2) is 29.7. The van der Waals surface area contributed by atoms with E-state index in [9.17, 15) is 9.59 Å². The van der Waals surface area contributed by atoms with Crippen LogP contribution in [0.3, 0.4) is 0 Å². The van der Waals surface area contributed by atoms with Gasteiger partial charge in [-0.3, -0.25) is 4.79 Å². The average molecular weight is 515 g/mol. The molecule has 168 valence electrons. The Morgan fingerprint density at radius 3 is 1.39 bits per heavy atom. The first-order chi connectivity index (χ1) is 12.7. The van der Waals surface area contributed by atoms with Crippen LogP contribution in [-0.4, -0.2) is 76.0 Å². The number of ether oxygens (including phenoxy) is 1. The van der Waals surface area contributed by atoms with Gasteiger partial charge in [0.15, 0.2) is 0 Å². The summed E-state index contributed by atoms with van der Waals surface area (Å²) in [6.45, 7) is 11.0. The monoisotopic (exact) mass is 514 g/mol. The van der Waals surface area contributed by atoms with Gasteiger partial charge >= 0.3 is 5.97 Å². The summed E-state index contributed by atoms with van der Waals surface area (Å²) in [4.78, 5) is 20.7. The van der Waals surface area contributed by atoms with Crippen molar-refractivity contribution >= 4 is 79.5 Å². The number of hydrogen-bond acceptors (Lipinski definition) is 10. The van der Waals surface area contributed by atoms with Gasteiger partial charge in [0.25, 0.3) is 0 Å². The van der Waals surface area contributed by atoms with E-state index >= 15 is 0 Å². The summed E-state index contributed by atoms with van der Waals surface area (Å²) in [6.07, 6.45) is 0. The molecule has 6 nitrogen and oxygen atoms in total. The van der Waals surface area contributed by atoms with Gasteiger partial charge in [-0.2, -0.15) is 13.5 Å². The Labute approximate surface area is 195 Å². The number of halogens is 1. The van der Waals surface area contributed by atoms with Crippen molar-refractivity contribution in [3.05, 3.63) is 24.3 Å². The van der Waals surface area contributed by atoms with Gasteiger partial charge in [0.1, 0.15) is 6.61 Å². The van der Waals surface area contributed by atoms with Crippen molar-refractivity contribution in [2.45, 2.75) is 13.8 Å². The highest BCUT2D eigenvalue weighted by molar-refractivity contribution is 8.77. The summed E-state index contributed by atoms with van der Waals surface area (Å²) in [7, 11) is 6.32. The lowest BCUT2D eigenvalue weighted by atomic mass is 10.4. The number of allylic oxidation sites excluding steroid dienone is 1. The Morgan fingerprint density at radius 2 is 1.14 bits per heavy atom. The molecule has 0 unspecified atom stereocenters. The van der Waals surface area contributed by atoms with Gasteiger partial charge in [-0.25, -0.2) is 4.79 Å². The molecule has 0 aliphatic carbocycles. The molecule has 0 spiro atoms. The second-order valence-corrected chi connectivity index (χ2v) is 10.2. The first-order valence-corrected chi connectivity index (χ1v) is 13.1. The lowest BCUT2D eigenvalue weighted by molar-refractivity contribution is -0.138. The Hall–Kier alpha value is 0.540. The molecule has 0 atom stereocenters. The minimum absolute atomic E-state index is 0. The zero-order valence-electron chi connectivity index (χ0n) is 16.1. The summed E-state index contributed by atoms with van der Waals surface area (Å²) < 4.78 is 4.85. The minimum atomic E-state index is -0.463. The molecule has 0 saturated heterocycles. The molecule has 28 heavy (non-hydrogen) atoms. The molecule has 0 aromatic carbocycles. The standard InChI is InChI=1S/C8H14O3S2.C4H5ClO.C4H10O2S2.H2S/c1-7(2)8(10)11-4-6-13-12-5-3-9;1-3(2)4(5)6;5-1-3-7-8-4-2-6;/h9H,1,3-6H2,2H3;1H2,2H3;5-6H,1-4H2;1H2. The van der Waals surface area contributed by atoms with Crippen molar-refractivity contribution in [1.82, 2.24) is 0 Å². The van der Waals surface area contributed by atoms with Crippen LogP contribution in [0.15, 0.2) is 24.3 Å². The predicted molar refractivity (Wildman–Crippen MR) is 133 cm³/mol. The van der Waals surface area contributed by atoms with Crippen LogP contribution in [-0.2, 0) is 14.3 Å². The van der Waals surface area contributed by atoms with E-state index in [0.717, 1.165) is 17.3 Å². The van der Waals surface area contributed by atoms with E-state index in [1.165, 1.54) is 0 Å². The number of esters is 1. The summed E-state index contributed by atoms with van der Waals surface area (Å²) in [5.74, 6) is 2.62. The first kappa shape index (κ1) is 35.9. The fraction of sp³-hybridized carbons (Fsp3) is 0.625. The van der Waals surface area contributed by atoms with Crippen LogP contribution in [0.1, 0.15) is 13.8 Å². The lowest BCUT2D eigenvalue weighted by Crippen LogP contribution is -2.07. The van der Waals surface area contributed by atoms with Crippen molar-refractivity contribution in [2.75, 3.05) is 49.4 Å². The highest BCUT2D eigenvalue weighted by Gasteiger charge is 2.01. The molecule has 0 amide bonds. The maximum absolute atomic E-state index is 10.9. The number of hydrogen-bond donors (Lipinski definition) is 3. The van der Waals surface area contributed by atoms with E-state index in [1.54, 1.807) is 57.0 Å². The summed E-state index contributed by atoms with van der Waals surface area (Å²) in [5, 5.41) is 24.5. The van der Waals surface area contributed by atoms with Crippen LogP contribution in [0, 0.1) is 0 Å². The van der Waals surface area contributed by atoms with E-state index in [4.69, 9.17) is 31.7 Å². The second-order valence-electron chi connectivity index (χ2n) is 4.43. The smallest absolute Gasteiger partial charge is 0.333 e. The van der Waals surface area contributed by atoms with Crippen molar-refractivity contribution < 1.29 is 29.6 Å². The number of carbonyl (C=O) groups excluding carboxylic acids is 2. The van der Waals surface area contributed by atoms with Gasteiger partial charge in [-0.15, -0.1) is 0 Å². The van der Waals surface area contributed by atoms with Gasteiger partial charge in [0, 0.05) is 34.2 Å². The predicted octanol–water partition coefficient (Wildman–Crippen LogP) is 3.27. The van der Waals surface area contributed by atoms with Crippen molar-refractivity contribution in [2.24, 2.45) is 0 Å². The number of carbonyl (C=O) groups is 2. The quantitative estimate of drug-likeness (QED) is 0.111. The molecule has 0 aromatic rings. The van der Waals surface area contributed by atoms with Crippen LogP contribution in [0.5, 0.6) is 0 Å². The van der Waals surface area contributed by atoms with E-state index < -0.39 is 5.24 Å². The molecule has 3 N–H and O–H groups in total. The highest BCUT2D eigenvalue weighted by atomic mass is 35.5. The maximum Gasteiger partial charge on any atom is 0.333 e. The SMILES string of the molecule is C=C(C)C(=O)Cl.C=C(C)C(=O)OCCSSCCO.OCCSSCCO.S. The Bertz CT molecular complexity index is 395. The average Bonchev–Trinajstić information content (AvgIpc) is 2.62. The van der Waals surface area contributed by atoms with Crippen LogP contribution >= 0.6 is 68.3 Å². The molecule has 0 bridgehead atoms. The summed E-state index contributed by atoms with van der Waals surface area (Å²) in [5.41, 5.74) is 0.810. The van der Waals surface area contributed by atoms with Gasteiger partial charge in [0.05, 0.1) is 19.8 Å². The fourth-order valence-corrected chi connectivity index (χ4v) is 3.77. The third-order valence-electron chi connectivity index (χ3n) is 1.77. The number of aliphatic hydroxyl groups is 3. The molecular formula is C16H31ClO6S5. The first-order valence-electron chi connectivity index (χ1n) is 7.73. The molecule has 12 heteroatoms. The van der Waals surface area contributed by atoms with Crippen molar-refractivity contribution in [3.8, 4) is 0 Å². The van der Waals surface area contributed by atoms with E-state index in [1.807, 2.05) is 0 Å². The van der Waals surface area contributed by atoms with Gasteiger partial charge < -0.3 is 20.1 Å². The van der Waals surface area contributed by atoms with Crippen molar-refractivity contribution in [1.29, 1.82) is 0 Å². The van der Waals surface area contributed by atoms with Gasteiger partial charge in [-0.05, 0) is 25.4 Å². The van der Waals surface area contributed by atoms with Gasteiger partial charge in [0.2, 0.25) is 5.24 Å². The molecule has 0 saturated carbocycles. The van der Waals surface area contributed by atoms with Crippen LogP contribution in [0.25, 0.3) is 0 Å². The zero-order valence-corrected chi connectivity index (χ0v) is 21.2. The van der Waals surface area contributed by atoms with Crippen LogP contribution < -0.4 is 0 Å². The Kier molecular flexibility index (Phi) is 38.2. The summed E-state index contributed by atoms with van der Waals surface area (Å²) >= 11 is 4.87. The van der Waals surface area contributed by atoms with Crippen LogP contribution in [0.4, 0.5) is 0 Å². The molecule has 0 radical (unpaired) electrons. The van der Waals surface area contributed by atoms with Crippen molar-refractivity contribution in [3.63, 3.8) is 0 Å². The van der Waals surface area contributed by atoms with E-state index in [2.05, 4.69) is 13.2 Å². The Morgan fingerprint density at radius 1 is 0.821 bits per heavy atom. The largest absolute Gasteiger partial charge is 0.461 e. The molecule has 0 rings (SSSR count). The normalized spacial score (nSPS) is 8.93. The maximum atomic E-state index is 10.9. The molecule has 0 aliphatic rings. The highest BCUT2D eigenvalue weighted by Crippen LogP contribution is 2.19. The van der Waals surface area contributed by atoms with Gasteiger partial charge in [-0.1, -0.05) is 56.3 Å². The fourth-order valence-electron chi connectivity index (χ4n) is 0.639. The van der Waals surface area contributed by atoms with E-state index in [-0.39, 0.29) is 39.3 Å². The summed E-state index contributed by atoms with van der Waals surface area (Å²) in [6, 6.07) is 0. The molecule has 0 heterocycles. The van der Waals surface area contributed by atoms with E-state index in [0.29, 0.717) is 23.5 Å². The molecule has 0 aromatic heterocycles. The lowest BCUT2D eigenvalue weighted by Gasteiger charge is -2.02. The van der Waals surface area contributed by atoms with Crippen LogP contribution in [0.2, 0.25) is 0 Å². The third kappa shape index (κ3) is 37.3. The third-order valence-corrected chi connectivity index (χ3v) is 6.81. The molecule has 0 aliphatic heterocycles.